The van der Waals surface area contributed by atoms with E-state index in [0.29, 0.717) is 11.7 Å². The largest absolute Gasteiger partial charge is 0.348 e. The molecular formula is C13H12BrNOS. The van der Waals surface area contributed by atoms with E-state index in [9.17, 15) is 4.79 Å². The molecule has 0 aromatic carbocycles. The monoisotopic (exact) mass is 309 g/mol. The zero-order valence-corrected chi connectivity index (χ0v) is 11.6. The molecule has 3 rings (SSSR count). The smallest absolute Gasteiger partial charge is 0.167 e. The van der Waals surface area contributed by atoms with Crippen molar-refractivity contribution >= 4 is 33.0 Å². The van der Waals surface area contributed by atoms with Crippen LogP contribution in [-0.4, -0.2) is 10.4 Å². The number of hydrogen-bond donors (Lipinski definition) is 0. The van der Waals surface area contributed by atoms with E-state index in [2.05, 4.69) is 32.6 Å². The summed E-state index contributed by atoms with van der Waals surface area (Å²) in [5, 5.41) is 0. The Morgan fingerprint density at radius 3 is 2.88 bits per heavy atom. The van der Waals surface area contributed by atoms with E-state index in [1.165, 1.54) is 4.88 Å². The molecule has 0 atom stereocenters. The van der Waals surface area contributed by atoms with Gasteiger partial charge in [0.25, 0.3) is 0 Å². The lowest BCUT2D eigenvalue weighted by Crippen LogP contribution is -2.00. The van der Waals surface area contributed by atoms with Crippen molar-refractivity contribution in [2.75, 3.05) is 0 Å². The number of hydrogen-bond acceptors (Lipinski definition) is 2. The second-order valence-electron chi connectivity index (χ2n) is 4.42. The zero-order valence-electron chi connectivity index (χ0n) is 9.23. The molecule has 2 heterocycles. The molecule has 0 aliphatic heterocycles. The minimum Gasteiger partial charge on any atom is -0.348 e. The molecule has 2 aromatic rings. The lowest BCUT2D eigenvalue weighted by Gasteiger charge is -1.99. The second kappa shape index (κ2) is 4.42. The molecule has 0 spiro atoms. The molecular weight excluding hydrogens is 298 g/mol. The van der Waals surface area contributed by atoms with Gasteiger partial charge in [-0.1, -0.05) is 0 Å². The maximum absolute atomic E-state index is 11.9. The number of Topliss-reactive ketones (excluding diaryl/α,β-unsaturated/α-hetero) is 1. The average molecular weight is 310 g/mol. The molecule has 0 unspecified atom stereocenters. The highest BCUT2D eigenvalue weighted by Gasteiger charge is 2.30. The highest BCUT2D eigenvalue weighted by atomic mass is 79.9. The van der Waals surface area contributed by atoms with Crippen molar-refractivity contribution in [1.82, 2.24) is 4.57 Å². The zero-order chi connectivity index (χ0) is 11.8. The van der Waals surface area contributed by atoms with Crippen molar-refractivity contribution in [3.05, 3.63) is 44.8 Å². The number of carbonyl (C=O) groups is 1. The van der Waals surface area contributed by atoms with Crippen LogP contribution in [0, 0.1) is 5.92 Å². The van der Waals surface area contributed by atoms with Gasteiger partial charge in [-0.2, -0.15) is 0 Å². The van der Waals surface area contributed by atoms with Gasteiger partial charge >= 0.3 is 0 Å². The average Bonchev–Trinajstić information content (AvgIpc) is 2.93. The van der Waals surface area contributed by atoms with Crippen molar-refractivity contribution in [3.8, 4) is 0 Å². The van der Waals surface area contributed by atoms with Crippen molar-refractivity contribution in [3.63, 3.8) is 0 Å². The highest BCUT2D eigenvalue weighted by molar-refractivity contribution is 9.11. The fourth-order valence-corrected chi connectivity index (χ4v) is 3.37. The Morgan fingerprint density at radius 1 is 1.41 bits per heavy atom. The Kier molecular flexibility index (Phi) is 2.92. The molecule has 0 saturated heterocycles. The molecule has 0 bridgehead atoms. The van der Waals surface area contributed by atoms with Crippen LogP contribution in [-0.2, 0) is 6.54 Å². The Bertz CT molecular complexity index is 553. The number of rotatable bonds is 4. The van der Waals surface area contributed by atoms with Gasteiger partial charge in [0, 0.05) is 28.8 Å². The molecule has 0 N–H and O–H groups in total. The summed E-state index contributed by atoms with van der Waals surface area (Å²) in [5.74, 6) is 0.623. The third-order valence-corrected chi connectivity index (χ3v) is 4.56. The Labute approximate surface area is 112 Å². The first-order chi connectivity index (χ1) is 8.22. The summed E-state index contributed by atoms with van der Waals surface area (Å²) in [5.41, 5.74) is 0.864. The summed E-state index contributed by atoms with van der Waals surface area (Å²) < 4.78 is 3.22. The van der Waals surface area contributed by atoms with E-state index in [4.69, 9.17) is 0 Å². The predicted octanol–water partition coefficient (Wildman–Crippen LogP) is 3.95. The summed E-state index contributed by atoms with van der Waals surface area (Å²) in [6, 6.07) is 6.10. The third-order valence-electron chi connectivity index (χ3n) is 2.95. The number of nitrogens with zero attached hydrogens (tertiary/aromatic N) is 1. The van der Waals surface area contributed by atoms with Crippen molar-refractivity contribution in [1.29, 1.82) is 0 Å². The van der Waals surface area contributed by atoms with Gasteiger partial charge in [0.05, 0.1) is 10.3 Å². The van der Waals surface area contributed by atoms with E-state index in [1.807, 2.05) is 18.5 Å². The van der Waals surface area contributed by atoms with E-state index < -0.39 is 0 Å². The lowest BCUT2D eigenvalue weighted by molar-refractivity contribution is 0.0967. The maximum atomic E-state index is 11.9. The lowest BCUT2D eigenvalue weighted by atomic mass is 10.1. The SMILES string of the molecule is O=C(c1ccn(Cc2ccc(Br)s2)c1)C1CC1. The quantitative estimate of drug-likeness (QED) is 0.784. The topological polar surface area (TPSA) is 22.0 Å². The number of carbonyl (C=O) groups excluding carboxylic acids is 1. The van der Waals surface area contributed by atoms with Crippen LogP contribution in [0.2, 0.25) is 0 Å². The predicted molar refractivity (Wildman–Crippen MR) is 72.6 cm³/mol. The van der Waals surface area contributed by atoms with Gasteiger partial charge in [-0.3, -0.25) is 4.79 Å². The van der Waals surface area contributed by atoms with Gasteiger partial charge in [0.1, 0.15) is 0 Å². The summed E-state index contributed by atoms with van der Waals surface area (Å²) in [6.07, 6.45) is 6.10. The normalized spacial score (nSPS) is 15.1. The van der Waals surface area contributed by atoms with E-state index in [-0.39, 0.29) is 0 Å². The Morgan fingerprint density at radius 2 is 2.24 bits per heavy atom. The van der Waals surface area contributed by atoms with Gasteiger partial charge in [-0.15, -0.1) is 11.3 Å². The molecule has 4 heteroatoms. The molecule has 1 saturated carbocycles. The first-order valence-corrected chi connectivity index (χ1v) is 7.27. The van der Waals surface area contributed by atoms with E-state index >= 15 is 0 Å². The van der Waals surface area contributed by atoms with Crippen molar-refractivity contribution < 1.29 is 4.79 Å². The molecule has 17 heavy (non-hydrogen) atoms. The van der Waals surface area contributed by atoms with Gasteiger partial charge in [-0.25, -0.2) is 0 Å². The number of halogens is 1. The van der Waals surface area contributed by atoms with Crippen LogP contribution >= 0.6 is 27.3 Å². The van der Waals surface area contributed by atoms with Gasteiger partial charge in [-0.05, 0) is 47.0 Å². The first-order valence-electron chi connectivity index (χ1n) is 5.66. The molecule has 2 aromatic heterocycles. The fourth-order valence-electron chi connectivity index (χ4n) is 1.88. The summed E-state index contributed by atoms with van der Waals surface area (Å²) in [7, 11) is 0. The fraction of sp³-hybridized carbons (Fsp3) is 0.308. The Balaban J connectivity index is 1.73. The molecule has 1 aliphatic rings. The van der Waals surface area contributed by atoms with Crippen LogP contribution in [0.3, 0.4) is 0 Å². The van der Waals surface area contributed by atoms with E-state index in [0.717, 1.165) is 28.7 Å². The highest BCUT2D eigenvalue weighted by Crippen LogP contribution is 2.32. The molecule has 0 amide bonds. The maximum Gasteiger partial charge on any atom is 0.167 e. The number of aromatic nitrogens is 1. The number of thiophene rings is 1. The van der Waals surface area contributed by atoms with Crippen LogP contribution in [0.15, 0.2) is 34.4 Å². The summed E-state index contributed by atoms with van der Waals surface area (Å²) in [6.45, 7) is 0.841. The van der Waals surface area contributed by atoms with Crippen LogP contribution in [0.1, 0.15) is 28.1 Å². The third kappa shape index (κ3) is 2.53. The van der Waals surface area contributed by atoms with Crippen molar-refractivity contribution in [2.24, 2.45) is 5.92 Å². The summed E-state index contributed by atoms with van der Waals surface area (Å²) in [4.78, 5) is 13.1. The molecule has 0 radical (unpaired) electrons. The van der Waals surface area contributed by atoms with Gasteiger partial charge in [0.2, 0.25) is 0 Å². The standard InChI is InChI=1S/C13H12BrNOS/c14-12-4-3-11(17-12)8-15-6-5-10(7-15)13(16)9-1-2-9/h3-7,9H,1-2,8H2. The molecule has 1 aliphatic carbocycles. The molecule has 88 valence electrons. The second-order valence-corrected chi connectivity index (χ2v) is 6.96. The molecule has 1 fully saturated rings. The van der Waals surface area contributed by atoms with Crippen LogP contribution in [0.5, 0.6) is 0 Å². The van der Waals surface area contributed by atoms with Gasteiger partial charge in [0.15, 0.2) is 5.78 Å². The minimum absolute atomic E-state index is 0.307. The first kappa shape index (κ1) is 11.2. The van der Waals surface area contributed by atoms with E-state index in [1.54, 1.807) is 11.3 Å². The van der Waals surface area contributed by atoms with Crippen LogP contribution in [0.4, 0.5) is 0 Å². The Hall–Kier alpha value is -0.870. The van der Waals surface area contributed by atoms with Crippen LogP contribution < -0.4 is 0 Å². The van der Waals surface area contributed by atoms with Gasteiger partial charge < -0.3 is 4.57 Å². The summed E-state index contributed by atoms with van der Waals surface area (Å²) >= 11 is 5.19. The van der Waals surface area contributed by atoms with Crippen molar-refractivity contribution in [2.45, 2.75) is 19.4 Å². The molecule has 2 nitrogen and oxygen atoms in total. The number of ketones is 1. The minimum atomic E-state index is 0.307. The van der Waals surface area contributed by atoms with Crippen LogP contribution in [0.25, 0.3) is 0 Å².